The molecular formula is C10H11FO3. The van der Waals surface area contributed by atoms with E-state index in [9.17, 15) is 9.50 Å². The fourth-order valence-corrected chi connectivity index (χ4v) is 1.40. The lowest BCUT2D eigenvalue weighted by Crippen LogP contribution is -2.16. The van der Waals surface area contributed by atoms with Crippen molar-refractivity contribution in [3.8, 4) is 11.5 Å². The topological polar surface area (TPSA) is 38.7 Å². The van der Waals surface area contributed by atoms with Crippen LogP contribution >= 0.6 is 0 Å². The van der Waals surface area contributed by atoms with E-state index in [4.69, 9.17) is 9.47 Å². The van der Waals surface area contributed by atoms with Crippen LogP contribution in [0.15, 0.2) is 12.1 Å². The quantitative estimate of drug-likeness (QED) is 0.745. The Balaban J connectivity index is 2.45. The van der Waals surface area contributed by atoms with Gasteiger partial charge in [-0.2, -0.15) is 0 Å². The van der Waals surface area contributed by atoms with Crippen LogP contribution in [-0.2, 0) is 0 Å². The standard InChI is InChI=1S/C10H11FO3/c1-6(12)7-4-9-10(5-8(7)11)14-3-2-13-9/h4-6,12H,2-3H2,1H3. The number of fused-ring (bicyclic) bond motifs is 1. The molecule has 0 saturated heterocycles. The van der Waals surface area contributed by atoms with Crippen LogP contribution < -0.4 is 9.47 Å². The van der Waals surface area contributed by atoms with Crippen molar-refractivity contribution in [2.45, 2.75) is 13.0 Å². The van der Waals surface area contributed by atoms with Crippen molar-refractivity contribution < 1.29 is 19.0 Å². The Hall–Kier alpha value is -1.29. The lowest BCUT2D eigenvalue weighted by Gasteiger charge is -2.19. The molecule has 1 heterocycles. The van der Waals surface area contributed by atoms with Crippen LogP contribution in [0.1, 0.15) is 18.6 Å². The summed E-state index contributed by atoms with van der Waals surface area (Å²) in [6.07, 6.45) is -0.842. The minimum Gasteiger partial charge on any atom is -0.486 e. The Morgan fingerprint density at radius 2 is 1.86 bits per heavy atom. The Kier molecular flexibility index (Phi) is 2.29. The molecule has 1 aromatic carbocycles. The molecular weight excluding hydrogens is 187 g/mol. The van der Waals surface area contributed by atoms with Crippen LogP contribution in [0, 0.1) is 5.82 Å². The summed E-state index contributed by atoms with van der Waals surface area (Å²) < 4.78 is 23.8. The number of rotatable bonds is 1. The highest BCUT2D eigenvalue weighted by Crippen LogP contribution is 2.34. The largest absolute Gasteiger partial charge is 0.486 e. The second-order valence-corrected chi connectivity index (χ2v) is 3.19. The zero-order chi connectivity index (χ0) is 10.1. The Labute approximate surface area is 81.1 Å². The summed E-state index contributed by atoms with van der Waals surface area (Å²) in [6, 6.07) is 2.73. The molecule has 1 aliphatic heterocycles. The van der Waals surface area contributed by atoms with Gasteiger partial charge in [0.1, 0.15) is 19.0 Å². The average Bonchev–Trinajstić information content (AvgIpc) is 2.16. The van der Waals surface area contributed by atoms with Gasteiger partial charge in [-0.25, -0.2) is 4.39 Å². The summed E-state index contributed by atoms with van der Waals surface area (Å²) in [5.74, 6) is 0.427. The predicted molar refractivity (Wildman–Crippen MR) is 48.0 cm³/mol. The highest BCUT2D eigenvalue weighted by Gasteiger charge is 2.17. The summed E-state index contributed by atoms with van der Waals surface area (Å²) in [5, 5.41) is 9.27. The maximum Gasteiger partial charge on any atom is 0.164 e. The van der Waals surface area contributed by atoms with Crippen molar-refractivity contribution >= 4 is 0 Å². The first-order valence-electron chi connectivity index (χ1n) is 4.45. The van der Waals surface area contributed by atoms with Gasteiger partial charge in [-0.05, 0) is 13.0 Å². The molecule has 0 saturated carbocycles. The first kappa shape index (κ1) is 9.27. The van der Waals surface area contributed by atoms with Crippen LogP contribution in [0.4, 0.5) is 4.39 Å². The fourth-order valence-electron chi connectivity index (χ4n) is 1.40. The van der Waals surface area contributed by atoms with Crippen molar-refractivity contribution in [3.05, 3.63) is 23.5 Å². The summed E-state index contributed by atoms with van der Waals surface area (Å²) >= 11 is 0. The van der Waals surface area contributed by atoms with Crippen molar-refractivity contribution in [1.29, 1.82) is 0 Å². The van der Waals surface area contributed by atoms with Crippen LogP contribution in [0.2, 0.25) is 0 Å². The smallest absolute Gasteiger partial charge is 0.164 e. The minimum atomic E-state index is -0.842. The Morgan fingerprint density at radius 3 is 2.43 bits per heavy atom. The molecule has 0 aromatic heterocycles. The molecule has 0 aliphatic carbocycles. The molecule has 0 spiro atoms. The van der Waals surface area contributed by atoms with Crippen molar-refractivity contribution in [2.75, 3.05) is 13.2 Å². The molecule has 1 atom stereocenters. The average molecular weight is 198 g/mol. The van der Waals surface area contributed by atoms with Crippen LogP contribution in [0.5, 0.6) is 11.5 Å². The summed E-state index contributed by atoms with van der Waals surface area (Å²) in [4.78, 5) is 0. The van der Waals surface area contributed by atoms with Gasteiger partial charge in [0, 0.05) is 11.6 Å². The Bertz CT molecular complexity index is 349. The first-order chi connectivity index (χ1) is 6.68. The zero-order valence-electron chi connectivity index (χ0n) is 7.79. The third-order valence-corrected chi connectivity index (χ3v) is 2.11. The molecule has 4 heteroatoms. The van der Waals surface area contributed by atoms with Gasteiger partial charge in [0.2, 0.25) is 0 Å². The lowest BCUT2D eigenvalue weighted by atomic mass is 10.1. The van der Waals surface area contributed by atoms with Crippen LogP contribution in [0.25, 0.3) is 0 Å². The van der Waals surface area contributed by atoms with E-state index in [0.29, 0.717) is 24.7 Å². The zero-order valence-corrected chi connectivity index (χ0v) is 7.79. The minimum absolute atomic E-state index is 0.231. The number of ether oxygens (including phenoxy) is 2. The first-order valence-corrected chi connectivity index (χ1v) is 4.45. The molecule has 1 aliphatic rings. The fraction of sp³-hybridized carbons (Fsp3) is 0.400. The van der Waals surface area contributed by atoms with Gasteiger partial charge in [-0.15, -0.1) is 0 Å². The van der Waals surface area contributed by atoms with E-state index >= 15 is 0 Å². The van der Waals surface area contributed by atoms with Crippen LogP contribution in [-0.4, -0.2) is 18.3 Å². The number of halogens is 1. The molecule has 2 rings (SSSR count). The van der Waals surface area contributed by atoms with Gasteiger partial charge in [-0.3, -0.25) is 0 Å². The van der Waals surface area contributed by atoms with E-state index in [-0.39, 0.29) is 5.56 Å². The van der Waals surface area contributed by atoms with E-state index in [1.807, 2.05) is 0 Å². The Morgan fingerprint density at radius 1 is 1.29 bits per heavy atom. The molecule has 1 aromatic rings. The third kappa shape index (κ3) is 1.53. The van der Waals surface area contributed by atoms with Gasteiger partial charge in [0.05, 0.1) is 6.10 Å². The molecule has 14 heavy (non-hydrogen) atoms. The lowest BCUT2D eigenvalue weighted by molar-refractivity contribution is 0.166. The second kappa shape index (κ2) is 3.46. The van der Waals surface area contributed by atoms with Gasteiger partial charge in [0.25, 0.3) is 0 Å². The molecule has 0 radical (unpaired) electrons. The van der Waals surface area contributed by atoms with E-state index in [1.165, 1.54) is 19.1 Å². The number of hydrogen-bond donors (Lipinski definition) is 1. The van der Waals surface area contributed by atoms with Gasteiger partial charge >= 0.3 is 0 Å². The van der Waals surface area contributed by atoms with Gasteiger partial charge in [0.15, 0.2) is 11.5 Å². The predicted octanol–water partition coefficient (Wildman–Crippen LogP) is 1.65. The molecule has 3 nitrogen and oxygen atoms in total. The number of benzene rings is 1. The SMILES string of the molecule is CC(O)c1cc2c(cc1F)OCCO2. The second-order valence-electron chi connectivity index (χ2n) is 3.19. The number of hydrogen-bond acceptors (Lipinski definition) is 3. The molecule has 1 unspecified atom stereocenters. The summed E-state index contributed by atoms with van der Waals surface area (Å²) in [5.41, 5.74) is 0.231. The normalized spacial score (nSPS) is 16.5. The van der Waals surface area contributed by atoms with E-state index < -0.39 is 11.9 Å². The maximum atomic E-state index is 13.3. The molecule has 1 N–H and O–H groups in total. The molecule has 0 amide bonds. The summed E-state index contributed by atoms with van der Waals surface area (Å²) in [6.45, 7) is 2.40. The summed E-state index contributed by atoms with van der Waals surface area (Å²) in [7, 11) is 0. The van der Waals surface area contributed by atoms with Gasteiger partial charge < -0.3 is 14.6 Å². The van der Waals surface area contributed by atoms with Crippen molar-refractivity contribution in [2.24, 2.45) is 0 Å². The third-order valence-electron chi connectivity index (χ3n) is 2.11. The van der Waals surface area contributed by atoms with Gasteiger partial charge in [-0.1, -0.05) is 0 Å². The molecule has 0 bridgehead atoms. The van der Waals surface area contributed by atoms with E-state index in [2.05, 4.69) is 0 Å². The monoisotopic (exact) mass is 198 g/mol. The highest BCUT2D eigenvalue weighted by molar-refractivity contribution is 5.45. The molecule has 76 valence electrons. The van der Waals surface area contributed by atoms with Crippen molar-refractivity contribution in [1.82, 2.24) is 0 Å². The highest BCUT2D eigenvalue weighted by atomic mass is 19.1. The van der Waals surface area contributed by atoms with Crippen LogP contribution in [0.3, 0.4) is 0 Å². The van der Waals surface area contributed by atoms with Crippen molar-refractivity contribution in [3.63, 3.8) is 0 Å². The number of aliphatic hydroxyl groups excluding tert-OH is 1. The maximum absolute atomic E-state index is 13.3. The van der Waals surface area contributed by atoms with E-state index in [0.717, 1.165) is 0 Å². The van der Waals surface area contributed by atoms with E-state index in [1.54, 1.807) is 0 Å². The number of aliphatic hydroxyl groups is 1. The molecule has 0 fully saturated rings.